The van der Waals surface area contributed by atoms with Crippen LogP contribution in [0.15, 0.2) is 24.9 Å². The minimum atomic E-state index is -0.0451. The topological polar surface area (TPSA) is 78.4 Å². The van der Waals surface area contributed by atoms with E-state index in [1.165, 1.54) is 6.33 Å². The standard InChI is InChI=1S/C18H25N7O/c1-14-10-21-15(2)22-17(14)25-8-6-24(7-9-25)5-4-23(3)18(26)16-11-19-13-20-12-16/h10-13H,4-9H2,1-3H3. The molecule has 1 amide bonds. The summed E-state index contributed by atoms with van der Waals surface area (Å²) in [6.07, 6.45) is 6.42. The third kappa shape index (κ3) is 4.32. The molecule has 0 N–H and O–H groups in total. The van der Waals surface area contributed by atoms with Crippen molar-refractivity contribution in [2.24, 2.45) is 0 Å². The highest BCUT2D eigenvalue weighted by Gasteiger charge is 2.20. The largest absolute Gasteiger partial charge is 0.354 e. The predicted molar refractivity (Wildman–Crippen MR) is 99.2 cm³/mol. The molecule has 0 spiro atoms. The van der Waals surface area contributed by atoms with Crippen LogP contribution in [-0.2, 0) is 0 Å². The molecular formula is C18H25N7O. The van der Waals surface area contributed by atoms with Crippen LogP contribution in [0.4, 0.5) is 5.82 Å². The Balaban J connectivity index is 1.48. The lowest BCUT2D eigenvalue weighted by atomic mass is 10.2. The van der Waals surface area contributed by atoms with Gasteiger partial charge in [0, 0.05) is 70.5 Å². The van der Waals surface area contributed by atoms with Gasteiger partial charge >= 0.3 is 0 Å². The van der Waals surface area contributed by atoms with Gasteiger partial charge in [0.05, 0.1) is 5.56 Å². The number of carbonyl (C=O) groups excluding carboxylic acids is 1. The van der Waals surface area contributed by atoms with Gasteiger partial charge in [0.15, 0.2) is 0 Å². The summed E-state index contributed by atoms with van der Waals surface area (Å²) >= 11 is 0. The first-order chi connectivity index (χ1) is 12.5. The molecule has 0 bridgehead atoms. The second-order valence-electron chi connectivity index (χ2n) is 6.61. The molecule has 0 atom stereocenters. The molecule has 0 radical (unpaired) electrons. The van der Waals surface area contributed by atoms with E-state index >= 15 is 0 Å². The molecule has 0 aromatic carbocycles. The van der Waals surface area contributed by atoms with E-state index in [9.17, 15) is 4.79 Å². The number of aromatic nitrogens is 4. The number of likely N-dealkylation sites (N-methyl/N-ethyl adjacent to an activating group) is 1. The Bertz CT molecular complexity index is 744. The minimum Gasteiger partial charge on any atom is -0.354 e. The van der Waals surface area contributed by atoms with Crippen LogP contribution in [0.3, 0.4) is 0 Å². The first kappa shape index (κ1) is 18.2. The zero-order chi connectivity index (χ0) is 18.5. The molecule has 1 aliphatic rings. The van der Waals surface area contributed by atoms with E-state index in [1.807, 2.05) is 20.2 Å². The molecule has 2 aromatic rings. The second kappa shape index (κ2) is 8.18. The summed E-state index contributed by atoms with van der Waals surface area (Å²) in [5.74, 6) is 1.79. The molecule has 8 nitrogen and oxygen atoms in total. The maximum Gasteiger partial charge on any atom is 0.256 e. The Labute approximate surface area is 153 Å². The average molecular weight is 355 g/mol. The van der Waals surface area contributed by atoms with Gasteiger partial charge < -0.3 is 9.80 Å². The Morgan fingerprint density at radius 3 is 2.50 bits per heavy atom. The Hall–Kier alpha value is -2.61. The van der Waals surface area contributed by atoms with Crippen molar-refractivity contribution in [3.63, 3.8) is 0 Å². The van der Waals surface area contributed by atoms with Gasteiger partial charge in [-0.2, -0.15) is 0 Å². The van der Waals surface area contributed by atoms with Crippen LogP contribution in [0.5, 0.6) is 0 Å². The van der Waals surface area contributed by atoms with Crippen molar-refractivity contribution in [1.82, 2.24) is 29.7 Å². The minimum absolute atomic E-state index is 0.0451. The molecule has 0 unspecified atom stereocenters. The highest BCUT2D eigenvalue weighted by Crippen LogP contribution is 2.18. The Morgan fingerprint density at radius 2 is 1.81 bits per heavy atom. The monoisotopic (exact) mass is 355 g/mol. The number of anilines is 1. The zero-order valence-electron chi connectivity index (χ0n) is 15.6. The number of hydrogen-bond acceptors (Lipinski definition) is 7. The van der Waals surface area contributed by atoms with Crippen molar-refractivity contribution in [3.05, 3.63) is 41.9 Å². The van der Waals surface area contributed by atoms with Crippen LogP contribution in [0.25, 0.3) is 0 Å². The number of aryl methyl sites for hydroxylation is 2. The van der Waals surface area contributed by atoms with Crippen molar-refractivity contribution in [2.75, 3.05) is 51.2 Å². The lowest BCUT2D eigenvalue weighted by Gasteiger charge is -2.36. The van der Waals surface area contributed by atoms with Gasteiger partial charge in [0.2, 0.25) is 0 Å². The van der Waals surface area contributed by atoms with E-state index in [0.29, 0.717) is 12.1 Å². The lowest BCUT2D eigenvalue weighted by Crippen LogP contribution is -2.49. The molecule has 3 heterocycles. The van der Waals surface area contributed by atoms with Crippen molar-refractivity contribution < 1.29 is 4.79 Å². The molecule has 1 fully saturated rings. The van der Waals surface area contributed by atoms with Crippen molar-refractivity contribution in [1.29, 1.82) is 0 Å². The third-order valence-corrected chi connectivity index (χ3v) is 4.64. The normalized spacial score (nSPS) is 15.1. The molecule has 26 heavy (non-hydrogen) atoms. The SMILES string of the molecule is Cc1ncc(C)c(N2CCN(CCN(C)C(=O)c3cncnc3)CC2)n1. The van der Waals surface area contributed by atoms with E-state index in [4.69, 9.17) is 0 Å². The van der Waals surface area contributed by atoms with Crippen LogP contribution < -0.4 is 4.90 Å². The van der Waals surface area contributed by atoms with E-state index in [-0.39, 0.29) is 5.91 Å². The Morgan fingerprint density at radius 1 is 1.12 bits per heavy atom. The molecule has 138 valence electrons. The summed E-state index contributed by atoms with van der Waals surface area (Å²) in [6, 6.07) is 0. The van der Waals surface area contributed by atoms with Crippen LogP contribution in [0, 0.1) is 13.8 Å². The molecule has 8 heteroatoms. The van der Waals surface area contributed by atoms with Gasteiger partial charge in [0.1, 0.15) is 18.0 Å². The fourth-order valence-corrected chi connectivity index (χ4v) is 3.04. The van der Waals surface area contributed by atoms with Crippen LogP contribution >= 0.6 is 0 Å². The number of carbonyl (C=O) groups is 1. The van der Waals surface area contributed by atoms with E-state index in [2.05, 4.69) is 36.7 Å². The van der Waals surface area contributed by atoms with Gasteiger partial charge in [-0.3, -0.25) is 9.69 Å². The molecule has 0 aliphatic carbocycles. The van der Waals surface area contributed by atoms with Crippen LogP contribution in [0.1, 0.15) is 21.7 Å². The first-order valence-electron chi connectivity index (χ1n) is 8.82. The highest BCUT2D eigenvalue weighted by molar-refractivity contribution is 5.93. The summed E-state index contributed by atoms with van der Waals surface area (Å²) in [6.45, 7) is 9.28. The van der Waals surface area contributed by atoms with E-state index in [0.717, 1.165) is 49.9 Å². The smallest absolute Gasteiger partial charge is 0.256 e. The number of rotatable bonds is 5. The molecule has 2 aromatic heterocycles. The summed E-state index contributed by atoms with van der Waals surface area (Å²) in [7, 11) is 1.82. The van der Waals surface area contributed by atoms with Crippen molar-refractivity contribution >= 4 is 11.7 Å². The fraction of sp³-hybridized carbons (Fsp3) is 0.500. The molecular weight excluding hydrogens is 330 g/mol. The maximum atomic E-state index is 12.3. The number of amides is 1. The average Bonchev–Trinajstić information content (AvgIpc) is 2.68. The van der Waals surface area contributed by atoms with Gasteiger partial charge in [-0.05, 0) is 13.8 Å². The Kier molecular flexibility index (Phi) is 5.72. The summed E-state index contributed by atoms with van der Waals surface area (Å²) < 4.78 is 0. The maximum absolute atomic E-state index is 12.3. The van der Waals surface area contributed by atoms with Gasteiger partial charge in [-0.1, -0.05) is 0 Å². The molecule has 0 saturated carbocycles. The third-order valence-electron chi connectivity index (χ3n) is 4.64. The highest BCUT2D eigenvalue weighted by atomic mass is 16.2. The van der Waals surface area contributed by atoms with Crippen LogP contribution in [-0.4, -0.2) is 82.0 Å². The summed E-state index contributed by atoms with van der Waals surface area (Å²) in [5, 5.41) is 0. The molecule has 1 saturated heterocycles. The van der Waals surface area contributed by atoms with Gasteiger partial charge in [-0.15, -0.1) is 0 Å². The number of piperazine rings is 1. The quantitative estimate of drug-likeness (QED) is 0.784. The molecule has 3 rings (SSSR count). The van der Waals surface area contributed by atoms with Crippen molar-refractivity contribution in [3.8, 4) is 0 Å². The number of nitrogens with zero attached hydrogens (tertiary/aromatic N) is 7. The van der Waals surface area contributed by atoms with Gasteiger partial charge in [-0.25, -0.2) is 19.9 Å². The predicted octanol–water partition coefficient (Wildman–Crippen LogP) is 0.778. The summed E-state index contributed by atoms with van der Waals surface area (Å²) in [5.41, 5.74) is 1.63. The van der Waals surface area contributed by atoms with E-state index < -0.39 is 0 Å². The first-order valence-corrected chi connectivity index (χ1v) is 8.82. The second-order valence-corrected chi connectivity index (χ2v) is 6.61. The number of hydrogen-bond donors (Lipinski definition) is 0. The lowest BCUT2D eigenvalue weighted by molar-refractivity contribution is 0.0775. The fourth-order valence-electron chi connectivity index (χ4n) is 3.04. The van der Waals surface area contributed by atoms with Gasteiger partial charge in [0.25, 0.3) is 5.91 Å². The zero-order valence-corrected chi connectivity index (χ0v) is 15.6. The van der Waals surface area contributed by atoms with E-state index in [1.54, 1.807) is 17.3 Å². The van der Waals surface area contributed by atoms with Crippen LogP contribution in [0.2, 0.25) is 0 Å². The molecule has 1 aliphatic heterocycles. The van der Waals surface area contributed by atoms with Crippen molar-refractivity contribution in [2.45, 2.75) is 13.8 Å². The summed E-state index contributed by atoms with van der Waals surface area (Å²) in [4.78, 5) is 35.4.